The van der Waals surface area contributed by atoms with Crippen molar-refractivity contribution in [1.82, 2.24) is 9.80 Å². The molecule has 90 valence electrons. The fourth-order valence-corrected chi connectivity index (χ4v) is 2.32. The molecule has 0 bridgehead atoms. The first-order valence-electron chi connectivity index (χ1n) is 6.00. The van der Waals surface area contributed by atoms with Gasteiger partial charge in [0.2, 0.25) is 0 Å². The van der Waals surface area contributed by atoms with E-state index in [0.29, 0.717) is 13.0 Å². The zero-order chi connectivity index (χ0) is 11.5. The number of nitrogens with zero attached hydrogens (tertiary/aromatic N) is 2. The summed E-state index contributed by atoms with van der Waals surface area (Å²) in [4.78, 5) is 27.2. The summed E-state index contributed by atoms with van der Waals surface area (Å²) in [6.07, 6.45) is 3.68. The third-order valence-corrected chi connectivity index (χ3v) is 3.35. The molecule has 1 atom stereocenters. The van der Waals surface area contributed by atoms with Crippen LogP contribution in [0.4, 0.5) is 4.79 Å². The Hall–Kier alpha value is -1.10. The average Bonchev–Trinajstić information content (AvgIpc) is 2.74. The number of carbonyl (C=O) groups excluding carboxylic acids is 2. The maximum absolute atomic E-state index is 12.1. The summed E-state index contributed by atoms with van der Waals surface area (Å²) < 4.78 is 0. The highest BCUT2D eigenvalue weighted by Crippen LogP contribution is 2.13. The van der Waals surface area contributed by atoms with Crippen molar-refractivity contribution in [3.05, 3.63) is 0 Å². The Bertz CT molecular complexity index is 287. The summed E-state index contributed by atoms with van der Waals surface area (Å²) in [6.45, 7) is 2.51. The standard InChI is InChI=1S/C11H19N3O2/c12-9-4-3-7-14(8-10(9)15)11(16)13-5-1-2-6-13/h9H,1-8,12H2. The van der Waals surface area contributed by atoms with Gasteiger partial charge in [-0.05, 0) is 25.7 Å². The first-order chi connectivity index (χ1) is 7.68. The lowest BCUT2D eigenvalue weighted by atomic mass is 10.1. The van der Waals surface area contributed by atoms with E-state index in [1.54, 1.807) is 4.90 Å². The monoisotopic (exact) mass is 225 g/mol. The van der Waals surface area contributed by atoms with Crippen molar-refractivity contribution >= 4 is 11.8 Å². The molecule has 16 heavy (non-hydrogen) atoms. The normalized spacial score (nSPS) is 27.1. The minimum absolute atomic E-state index is 0.00922. The topological polar surface area (TPSA) is 66.6 Å². The fourth-order valence-electron chi connectivity index (χ4n) is 2.32. The predicted octanol–water partition coefficient (Wildman–Crippen LogP) is 0.194. The molecule has 2 fully saturated rings. The zero-order valence-corrected chi connectivity index (χ0v) is 9.52. The molecule has 2 N–H and O–H groups in total. The average molecular weight is 225 g/mol. The Morgan fingerprint density at radius 3 is 2.44 bits per heavy atom. The molecule has 0 aliphatic carbocycles. The largest absolute Gasteiger partial charge is 0.325 e. The van der Waals surface area contributed by atoms with Gasteiger partial charge in [0.15, 0.2) is 5.78 Å². The van der Waals surface area contributed by atoms with E-state index in [9.17, 15) is 9.59 Å². The number of nitrogens with two attached hydrogens (primary N) is 1. The molecule has 5 nitrogen and oxygen atoms in total. The Labute approximate surface area is 95.6 Å². The number of amides is 2. The summed E-state index contributed by atoms with van der Waals surface area (Å²) in [5, 5.41) is 0. The van der Waals surface area contributed by atoms with Crippen LogP contribution in [0.2, 0.25) is 0 Å². The second kappa shape index (κ2) is 4.82. The number of hydrogen-bond acceptors (Lipinski definition) is 3. The summed E-state index contributed by atoms with van der Waals surface area (Å²) >= 11 is 0. The Morgan fingerprint density at radius 1 is 1.12 bits per heavy atom. The number of rotatable bonds is 0. The van der Waals surface area contributed by atoms with Crippen molar-refractivity contribution in [2.75, 3.05) is 26.2 Å². The zero-order valence-electron chi connectivity index (χ0n) is 9.52. The molecular weight excluding hydrogens is 206 g/mol. The van der Waals surface area contributed by atoms with Crippen LogP contribution in [-0.2, 0) is 4.79 Å². The maximum Gasteiger partial charge on any atom is 0.320 e. The van der Waals surface area contributed by atoms with Crippen LogP contribution in [0.1, 0.15) is 25.7 Å². The van der Waals surface area contributed by atoms with E-state index in [4.69, 9.17) is 5.73 Å². The molecule has 0 radical (unpaired) electrons. The third kappa shape index (κ3) is 2.35. The summed E-state index contributed by atoms with van der Waals surface area (Å²) in [7, 11) is 0. The van der Waals surface area contributed by atoms with Crippen LogP contribution in [0.15, 0.2) is 0 Å². The smallest absolute Gasteiger partial charge is 0.320 e. The van der Waals surface area contributed by atoms with E-state index < -0.39 is 0 Å². The van der Waals surface area contributed by atoms with Gasteiger partial charge in [0.1, 0.15) is 0 Å². The van der Waals surface area contributed by atoms with Crippen molar-refractivity contribution in [2.24, 2.45) is 5.73 Å². The van der Waals surface area contributed by atoms with Gasteiger partial charge in [-0.3, -0.25) is 4.79 Å². The molecular formula is C11H19N3O2. The number of likely N-dealkylation sites (tertiary alicyclic amines) is 2. The molecule has 2 aliphatic heterocycles. The molecule has 0 aromatic carbocycles. The van der Waals surface area contributed by atoms with Crippen LogP contribution in [0.25, 0.3) is 0 Å². The van der Waals surface area contributed by atoms with Crippen molar-refractivity contribution < 1.29 is 9.59 Å². The predicted molar refractivity (Wildman–Crippen MR) is 60.0 cm³/mol. The number of urea groups is 1. The van der Waals surface area contributed by atoms with E-state index >= 15 is 0 Å². The van der Waals surface area contributed by atoms with Crippen molar-refractivity contribution in [2.45, 2.75) is 31.7 Å². The van der Waals surface area contributed by atoms with Crippen molar-refractivity contribution in [1.29, 1.82) is 0 Å². The summed E-state index contributed by atoms with van der Waals surface area (Å²) in [6, 6.07) is -0.365. The first kappa shape index (κ1) is 11.4. The highest BCUT2D eigenvalue weighted by atomic mass is 16.2. The number of ketones is 1. The highest BCUT2D eigenvalue weighted by molar-refractivity contribution is 5.89. The van der Waals surface area contributed by atoms with Crippen LogP contribution in [0.5, 0.6) is 0 Å². The third-order valence-electron chi connectivity index (χ3n) is 3.35. The van der Waals surface area contributed by atoms with Gasteiger partial charge < -0.3 is 15.5 Å². The molecule has 0 aromatic heterocycles. The van der Waals surface area contributed by atoms with Crippen molar-refractivity contribution in [3.8, 4) is 0 Å². The maximum atomic E-state index is 12.1. The van der Waals surface area contributed by atoms with Crippen LogP contribution in [0.3, 0.4) is 0 Å². The van der Waals surface area contributed by atoms with E-state index in [1.165, 1.54) is 0 Å². The van der Waals surface area contributed by atoms with Gasteiger partial charge in [0, 0.05) is 19.6 Å². The van der Waals surface area contributed by atoms with E-state index in [-0.39, 0.29) is 24.4 Å². The number of carbonyl (C=O) groups is 2. The molecule has 0 aromatic rings. The molecule has 5 heteroatoms. The lowest BCUT2D eigenvalue weighted by Gasteiger charge is -2.26. The van der Waals surface area contributed by atoms with Crippen LogP contribution in [0, 0.1) is 0 Å². The lowest BCUT2D eigenvalue weighted by molar-refractivity contribution is -0.120. The van der Waals surface area contributed by atoms with Crippen LogP contribution >= 0.6 is 0 Å². The second-order valence-electron chi connectivity index (χ2n) is 4.61. The van der Waals surface area contributed by atoms with Gasteiger partial charge in [-0.25, -0.2) is 4.79 Å². The quantitative estimate of drug-likeness (QED) is 0.640. The van der Waals surface area contributed by atoms with E-state index in [2.05, 4.69) is 0 Å². The Kier molecular flexibility index (Phi) is 3.43. The van der Waals surface area contributed by atoms with Gasteiger partial charge in [0.05, 0.1) is 12.6 Å². The number of Topliss-reactive ketones (excluding diaryl/α,β-unsaturated/α-hetero) is 1. The molecule has 2 amide bonds. The number of hydrogen-bond donors (Lipinski definition) is 1. The molecule has 0 spiro atoms. The highest BCUT2D eigenvalue weighted by Gasteiger charge is 2.28. The van der Waals surface area contributed by atoms with Gasteiger partial charge in [0.25, 0.3) is 0 Å². The lowest BCUT2D eigenvalue weighted by Crippen LogP contribution is -2.45. The van der Waals surface area contributed by atoms with Gasteiger partial charge >= 0.3 is 6.03 Å². The Balaban J connectivity index is 1.97. The van der Waals surface area contributed by atoms with Gasteiger partial charge in [-0.15, -0.1) is 0 Å². The van der Waals surface area contributed by atoms with Gasteiger partial charge in [-0.2, -0.15) is 0 Å². The molecule has 1 unspecified atom stereocenters. The molecule has 0 saturated carbocycles. The molecule has 2 heterocycles. The molecule has 2 aliphatic rings. The molecule has 2 saturated heterocycles. The summed E-state index contributed by atoms with van der Waals surface area (Å²) in [5.74, 6) is -0.00922. The van der Waals surface area contributed by atoms with Crippen LogP contribution < -0.4 is 5.73 Å². The second-order valence-corrected chi connectivity index (χ2v) is 4.61. The van der Waals surface area contributed by atoms with Gasteiger partial charge in [-0.1, -0.05) is 0 Å². The van der Waals surface area contributed by atoms with E-state index in [0.717, 1.165) is 32.4 Å². The minimum Gasteiger partial charge on any atom is -0.325 e. The SMILES string of the molecule is NC1CCCN(C(=O)N2CCCC2)CC1=O. The van der Waals surface area contributed by atoms with Crippen molar-refractivity contribution in [3.63, 3.8) is 0 Å². The van der Waals surface area contributed by atoms with E-state index in [1.807, 2.05) is 4.90 Å². The Morgan fingerprint density at radius 2 is 1.75 bits per heavy atom. The minimum atomic E-state index is -0.378. The molecule has 2 rings (SSSR count). The van der Waals surface area contributed by atoms with Crippen LogP contribution in [-0.4, -0.2) is 53.8 Å². The first-order valence-corrected chi connectivity index (χ1v) is 6.00. The summed E-state index contributed by atoms with van der Waals surface area (Å²) in [5.41, 5.74) is 5.69. The fraction of sp³-hybridized carbons (Fsp3) is 0.818.